The fraction of sp³-hybridized carbons (Fsp3) is 0.733. The molecule has 0 amide bonds. The highest BCUT2D eigenvalue weighted by Crippen LogP contribution is 2.78. The zero-order valence-electron chi connectivity index (χ0n) is 11.4. The van der Waals surface area contributed by atoms with Crippen molar-refractivity contribution in [2.45, 2.75) is 37.9 Å². The van der Waals surface area contributed by atoms with Crippen LogP contribution in [-0.2, 0) is 19.1 Å². The minimum absolute atomic E-state index is 0.0786. The summed E-state index contributed by atoms with van der Waals surface area (Å²) in [7, 11) is 1.63. The van der Waals surface area contributed by atoms with Crippen LogP contribution in [0, 0.1) is 23.7 Å². The molecule has 102 valence electrons. The lowest BCUT2D eigenvalue weighted by Crippen LogP contribution is -2.56. The number of rotatable bonds is 3. The van der Waals surface area contributed by atoms with E-state index < -0.39 is 11.2 Å². The molecule has 3 aliphatic carbocycles. The molecule has 1 saturated heterocycles. The molecule has 0 radical (unpaired) electrons. The lowest BCUT2D eigenvalue weighted by atomic mass is 9.76. The molecule has 0 bridgehead atoms. The first kappa shape index (κ1) is 11.6. The maximum atomic E-state index is 12.7. The van der Waals surface area contributed by atoms with Gasteiger partial charge in [-0.25, -0.2) is 0 Å². The van der Waals surface area contributed by atoms with E-state index in [1.807, 2.05) is 19.9 Å². The van der Waals surface area contributed by atoms with E-state index in [0.29, 0.717) is 12.3 Å². The van der Waals surface area contributed by atoms with Crippen molar-refractivity contribution in [1.29, 1.82) is 0 Å². The van der Waals surface area contributed by atoms with Gasteiger partial charge in [0.05, 0.1) is 5.92 Å². The van der Waals surface area contributed by atoms with E-state index >= 15 is 0 Å². The molecular weight excluding hydrogens is 244 g/mol. The van der Waals surface area contributed by atoms with Crippen LogP contribution < -0.4 is 0 Å². The first-order valence-electron chi connectivity index (χ1n) is 6.95. The van der Waals surface area contributed by atoms with Crippen LogP contribution in [0.5, 0.6) is 0 Å². The maximum Gasteiger partial charge on any atom is 0.313 e. The van der Waals surface area contributed by atoms with Gasteiger partial charge in [-0.15, -0.1) is 0 Å². The Morgan fingerprint density at radius 2 is 2.21 bits per heavy atom. The van der Waals surface area contributed by atoms with Crippen LogP contribution in [0.1, 0.15) is 26.7 Å². The second kappa shape index (κ2) is 3.11. The van der Waals surface area contributed by atoms with Gasteiger partial charge in [-0.2, -0.15) is 0 Å². The lowest BCUT2D eigenvalue weighted by molar-refractivity contribution is -0.170. The zero-order valence-corrected chi connectivity index (χ0v) is 11.4. The van der Waals surface area contributed by atoms with Crippen molar-refractivity contribution in [1.82, 2.24) is 0 Å². The van der Waals surface area contributed by atoms with E-state index in [-0.39, 0.29) is 29.5 Å². The summed E-state index contributed by atoms with van der Waals surface area (Å²) in [6.07, 6.45) is 3.22. The first-order valence-corrected chi connectivity index (χ1v) is 6.95. The van der Waals surface area contributed by atoms with E-state index in [2.05, 4.69) is 0 Å². The Labute approximate surface area is 112 Å². The van der Waals surface area contributed by atoms with Crippen molar-refractivity contribution in [2.75, 3.05) is 7.11 Å². The average molecular weight is 262 g/mol. The highest BCUT2D eigenvalue weighted by Gasteiger charge is 2.91. The Balaban J connectivity index is 1.86. The third-order valence-corrected chi connectivity index (χ3v) is 5.72. The lowest BCUT2D eigenvalue weighted by Gasteiger charge is -2.37. The van der Waals surface area contributed by atoms with Gasteiger partial charge in [-0.1, -0.05) is 11.6 Å². The molecule has 0 aromatic carbocycles. The first-order chi connectivity index (χ1) is 8.99. The molecular formula is C15H18O4. The number of ether oxygens (including phenoxy) is 2. The number of hydrogen-bond acceptors (Lipinski definition) is 4. The summed E-state index contributed by atoms with van der Waals surface area (Å²) < 4.78 is 11.4. The number of Topliss-reactive ketones (excluding diaryl/α,β-unsaturated/α-hetero) is 1. The van der Waals surface area contributed by atoms with Gasteiger partial charge in [0, 0.05) is 25.4 Å². The van der Waals surface area contributed by atoms with Gasteiger partial charge in [-0.3, -0.25) is 9.59 Å². The summed E-state index contributed by atoms with van der Waals surface area (Å²) in [5.41, 5.74) is -0.589. The van der Waals surface area contributed by atoms with Crippen molar-refractivity contribution in [3.8, 4) is 0 Å². The van der Waals surface area contributed by atoms with Crippen LogP contribution in [0.15, 0.2) is 11.6 Å². The van der Waals surface area contributed by atoms with Gasteiger partial charge in [-0.05, 0) is 26.2 Å². The summed E-state index contributed by atoms with van der Waals surface area (Å²) in [5.74, 6) is 0.297. The Morgan fingerprint density at radius 3 is 2.84 bits per heavy atom. The van der Waals surface area contributed by atoms with Crippen molar-refractivity contribution in [2.24, 2.45) is 23.7 Å². The zero-order chi connectivity index (χ0) is 13.6. The number of methoxy groups -OCH3 is 1. The third kappa shape index (κ3) is 0.970. The van der Waals surface area contributed by atoms with Gasteiger partial charge in [0.2, 0.25) is 5.60 Å². The molecule has 0 spiro atoms. The highest BCUT2D eigenvalue weighted by atomic mass is 16.6. The normalized spacial score (nSPS) is 52.2. The summed E-state index contributed by atoms with van der Waals surface area (Å²) in [5, 5.41) is 0. The van der Waals surface area contributed by atoms with Crippen LogP contribution in [0.2, 0.25) is 0 Å². The second-order valence-corrected chi connectivity index (χ2v) is 6.60. The van der Waals surface area contributed by atoms with Gasteiger partial charge in [0.25, 0.3) is 0 Å². The van der Waals surface area contributed by atoms with Crippen molar-refractivity contribution >= 4 is 11.8 Å². The summed E-state index contributed by atoms with van der Waals surface area (Å²) in [6, 6.07) is 0. The topological polar surface area (TPSA) is 52.6 Å². The largest absolute Gasteiger partial charge is 0.447 e. The minimum Gasteiger partial charge on any atom is -0.447 e. The Hall–Kier alpha value is -1.16. The number of carbonyl (C=O) groups is 2. The molecule has 6 atom stereocenters. The molecule has 1 heterocycles. The Kier molecular flexibility index (Phi) is 1.91. The molecule has 4 fully saturated rings. The number of carbonyl (C=O) groups excluding carboxylic acids is 2. The Bertz CT molecular complexity index is 532. The van der Waals surface area contributed by atoms with Crippen LogP contribution in [-0.4, -0.2) is 30.1 Å². The molecule has 4 nitrogen and oxygen atoms in total. The minimum atomic E-state index is -1.04. The summed E-state index contributed by atoms with van der Waals surface area (Å²) >= 11 is 0. The van der Waals surface area contributed by atoms with E-state index in [9.17, 15) is 9.59 Å². The molecule has 4 heteroatoms. The molecule has 4 rings (SSSR count). The average Bonchev–Trinajstić information content (AvgIpc) is 2.80. The Morgan fingerprint density at radius 1 is 1.47 bits per heavy atom. The van der Waals surface area contributed by atoms with Crippen LogP contribution in [0.4, 0.5) is 0 Å². The van der Waals surface area contributed by atoms with E-state index in [4.69, 9.17) is 9.47 Å². The predicted molar refractivity (Wildman–Crippen MR) is 66.2 cm³/mol. The molecule has 1 aliphatic heterocycles. The third-order valence-electron chi connectivity index (χ3n) is 5.72. The summed E-state index contributed by atoms with van der Waals surface area (Å²) in [6.45, 7) is 3.98. The number of hydrogen-bond donors (Lipinski definition) is 0. The van der Waals surface area contributed by atoms with Crippen LogP contribution in [0.3, 0.4) is 0 Å². The van der Waals surface area contributed by atoms with Crippen molar-refractivity contribution in [3.05, 3.63) is 11.6 Å². The second-order valence-electron chi connectivity index (χ2n) is 6.60. The smallest absolute Gasteiger partial charge is 0.313 e. The maximum absolute atomic E-state index is 12.7. The summed E-state index contributed by atoms with van der Waals surface area (Å²) in [4.78, 5) is 24.9. The SMILES string of the molecule is CO[C@@]12[C@H]3[C@H]4C[C@@H]1C(=O)O[C@]2(CC=C(C)C)C(=O)[C@H]43. The fourth-order valence-electron chi connectivity index (χ4n) is 5.04. The number of ketones is 1. The monoisotopic (exact) mass is 262 g/mol. The van der Waals surface area contributed by atoms with Gasteiger partial charge in [0.15, 0.2) is 5.78 Å². The molecule has 3 saturated carbocycles. The van der Waals surface area contributed by atoms with Gasteiger partial charge < -0.3 is 9.47 Å². The van der Waals surface area contributed by atoms with E-state index in [0.717, 1.165) is 12.0 Å². The van der Waals surface area contributed by atoms with Crippen molar-refractivity contribution < 1.29 is 19.1 Å². The molecule has 4 aliphatic rings. The number of allylic oxidation sites excluding steroid dienone is 1. The molecule has 0 aromatic heterocycles. The molecule has 0 unspecified atom stereocenters. The van der Waals surface area contributed by atoms with Gasteiger partial charge in [0.1, 0.15) is 5.60 Å². The van der Waals surface area contributed by atoms with Crippen LogP contribution in [0.25, 0.3) is 0 Å². The van der Waals surface area contributed by atoms with Crippen LogP contribution >= 0.6 is 0 Å². The van der Waals surface area contributed by atoms with Crippen molar-refractivity contribution in [3.63, 3.8) is 0 Å². The highest BCUT2D eigenvalue weighted by molar-refractivity contribution is 6.04. The standard InChI is InChI=1S/C15H18O4/c1-7(2)4-5-14-12(16)10-8-6-9(13(17)19-14)15(14,18-3)11(8)10/h4,8-11H,5-6H2,1-3H3/t8-,9+,10+,11-,14+,15+/m0/s1. The number of esters is 1. The van der Waals surface area contributed by atoms with Gasteiger partial charge >= 0.3 is 5.97 Å². The number of fused-ring (bicyclic) bond motifs is 1. The molecule has 19 heavy (non-hydrogen) atoms. The quantitative estimate of drug-likeness (QED) is 0.571. The predicted octanol–water partition coefficient (Wildman–Crippen LogP) is 1.49. The molecule has 0 N–H and O–H groups in total. The molecule has 0 aromatic rings. The van der Waals surface area contributed by atoms with E-state index in [1.54, 1.807) is 7.11 Å². The van der Waals surface area contributed by atoms with E-state index in [1.165, 1.54) is 0 Å². The fourth-order valence-corrected chi connectivity index (χ4v) is 5.04.